The Morgan fingerprint density at radius 1 is 1.43 bits per heavy atom. The number of aliphatic hydroxyl groups excluding tert-OH is 1. The molecule has 2 atom stereocenters. The Morgan fingerprint density at radius 2 is 2.19 bits per heavy atom. The highest BCUT2D eigenvalue weighted by Gasteiger charge is 2.22. The van der Waals surface area contributed by atoms with Crippen LogP contribution in [0.5, 0.6) is 0 Å². The number of benzene rings is 1. The van der Waals surface area contributed by atoms with Gasteiger partial charge in [-0.25, -0.2) is 0 Å². The standard InChI is InChI=1S/C16H22ClNO3/c17-15-5-3-12(4-6-15)8-13(10-19)9-18-16(20)14-2-1-7-21-11-14/h3-6,13-14,19H,1-2,7-11H2,(H,18,20)/t13-,14+/m1/s1. The molecule has 0 aliphatic carbocycles. The summed E-state index contributed by atoms with van der Waals surface area (Å²) in [6.07, 6.45) is 2.54. The fourth-order valence-corrected chi connectivity index (χ4v) is 2.62. The summed E-state index contributed by atoms with van der Waals surface area (Å²) in [6.45, 7) is 1.78. The first-order valence-electron chi connectivity index (χ1n) is 7.40. The van der Waals surface area contributed by atoms with Gasteiger partial charge in [-0.2, -0.15) is 0 Å². The number of ether oxygens (including phenoxy) is 1. The van der Waals surface area contributed by atoms with Crippen LogP contribution in [-0.4, -0.2) is 37.4 Å². The van der Waals surface area contributed by atoms with Gasteiger partial charge in [0.1, 0.15) is 0 Å². The molecule has 116 valence electrons. The lowest BCUT2D eigenvalue weighted by Gasteiger charge is -2.22. The predicted molar refractivity (Wildman–Crippen MR) is 82.3 cm³/mol. The van der Waals surface area contributed by atoms with E-state index < -0.39 is 0 Å². The van der Waals surface area contributed by atoms with Crippen molar-refractivity contribution >= 4 is 17.5 Å². The highest BCUT2D eigenvalue weighted by molar-refractivity contribution is 6.30. The third-order valence-electron chi connectivity index (χ3n) is 3.79. The van der Waals surface area contributed by atoms with Crippen LogP contribution < -0.4 is 5.32 Å². The number of hydrogen-bond donors (Lipinski definition) is 2. The van der Waals surface area contributed by atoms with Crippen LogP contribution in [0.3, 0.4) is 0 Å². The van der Waals surface area contributed by atoms with E-state index in [1.54, 1.807) is 0 Å². The molecule has 1 aliphatic heterocycles. The lowest BCUT2D eigenvalue weighted by molar-refractivity contribution is -0.129. The quantitative estimate of drug-likeness (QED) is 0.845. The molecule has 1 saturated heterocycles. The van der Waals surface area contributed by atoms with Crippen LogP contribution in [0.15, 0.2) is 24.3 Å². The van der Waals surface area contributed by atoms with E-state index in [-0.39, 0.29) is 24.3 Å². The molecule has 0 aromatic heterocycles. The second-order valence-corrected chi connectivity index (χ2v) is 5.97. The number of rotatable bonds is 6. The van der Waals surface area contributed by atoms with Crippen molar-refractivity contribution in [1.82, 2.24) is 5.32 Å². The van der Waals surface area contributed by atoms with E-state index in [0.29, 0.717) is 18.2 Å². The first-order chi connectivity index (χ1) is 10.2. The lowest BCUT2D eigenvalue weighted by atomic mass is 9.98. The normalized spacial score (nSPS) is 20.0. The number of aliphatic hydroxyl groups is 1. The van der Waals surface area contributed by atoms with Gasteiger partial charge in [0, 0.05) is 30.7 Å². The lowest BCUT2D eigenvalue weighted by Crippen LogP contribution is -2.39. The van der Waals surface area contributed by atoms with Crippen LogP contribution in [-0.2, 0) is 16.0 Å². The van der Waals surface area contributed by atoms with Gasteiger partial charge in [0.25, 0.3) is 0 Å². The van der Waals surface area contributed by atoms with Gasteiger partial charge in [0.15, 0.2) is 0 Å². The van der Waals surface area contributed by atoms with Gasteiger partial charge in [-0.05, 0) is 37.0 Å². The van der Waals surface area contributed by atoms with Crippen LogP contribution in [0, 0.1) is 11.8 Å². The van der Waals surface area contributed by atoms with Gasteiger partial charge in [0.2, 0.25) is 5.91 Å². The minimum Gasteiger partial charge on any atom is -0.396 e. The zero-order chi connectivity index (χ0) is 15.1. The number of amides is 1. The molecule has 1 fully saturated rings. The number of carbonyl (C=O) groups is 1. The van der Waals surface area contributed by atoms with Crippen molar-refractivity contribution in [2.75, 3.05) is 26.4 Å². The van der Waals surface area contributed by atoms with Crippen LogP contribution in [0.4, 0.5) is 0 Å². The van der Waals surface area contributed by atoms with Gasteiger partial charge in [-0.1, -0.05) is 23.7 Å². The van der Waals surface area contributed by atoms with Crippen LogP contribution in [0.1, 0.15) is 18.4 Å². The van der Waals surface area contributed by atoms with E-state index in [0.717, 1.165) is 31.4 Å². The van der Waals surface area contributed by atoms with Crippen molar-refractivity contribution in [2.45, 2.75) is 19.3 Å². The minimum absolute atomic E-state index is 0.0136. The molecule has 0 radical (unpaired) electrons. The van der Waals surface area contributed by atoms with Crippen LogP contribution in [0.25, 0.3) is 0 Å². The second-order valence-electron chi connectivity index (χ2n) is 5.54. The zero-order valence-corrected chi connectivity index (χ0v) is 12.8. The molecule has 1 aliphatic rings. The Balaban J connectivity index is 1.78. The molecule has 2 rings (SSSR count). The zero-order valence-electron chi connectivity index (χ0n) is 12.1. The molecule has 5 heteroatoms. The number of halogens is 1. The summed E-state index contributed by atoms with van der Waals surface area (Å²) < 4.78 is 5.32. The van der Waals surface area contributed by atoms with E-state index in [4.69, 9.17) is 16.3 Å². The summed E-state index contributed by atoms with van der Waals surface area (Å²) in [4.78, 5) is 12.0. The summed E-state index contributed by atoms with van der Waals surface area (Å²) in [5.74, 6) is -0.00230. The third kappa shape index (κ3) is 5.30. The fraction of sp³-hybridized carbons (Fsp3) is 0.562. The first kappa shape index (κ1) is 16.3. The van der Waals surface area contributed by atoms with E-state index in [2.05, 4.69) is 5.32 Å². The van der Waals surface area contributed by atoms with Gasteiger partial charge in [-0.3, -0.25) is 4.79 Å². The van der Waals surface area contributed by atoms with E-state index in [1.807, 2.05) is 24.3 Å². The SMILES string of the molecule is O=C(NC[C@H](CO)Cc1ccc(Cl)cc1)[C@H]1CCCOC1. The molecule has 21 heavy (non-hydrogen) atoms. The van der Waals surface area contributed by atoms with Gasteiger partial charge < -0.3 is 15.2 Å². The van der Waals surface area contributed by atoms with E-state index in [9.17, 15) is 9.90 Å². The van der Waals surface area contributed by atoms with Gasteiger partial charge >= 0.3 is 0 Å². The molecule has 1 amide bonds. The Morgan fingerprint density at radius 3 is 2.81 bits per heavy atom. The number of nitrogens with one attached hydrogen (secondary N) is 1. The Kier molecular flexibility index (Phi) is 6.49. The fourth-order valence-electron chi connectivity index (χ4n) is 2.49. The van der Waals surface area contributed by atoms with Crippen molar-refractivity contribution in [3.63, 3.8) is 0 Å². The van der Waals surface area contributed by atoms with Crippen molar-refractivity contribution in [3.8, 4) is 0 Å². The van der Waals surface area contributed by atoms with Gasteiger partial charge in [0.05, 0.1) is 12.5 Å². The van der Waals surface area contributed by atoms with Crippen molar-refractivity contribution in [1.29, 1.82) is 0 Å². The highest BCUT2D eigenvalue weighted by Crippen LogP contribution is 2.15. The summed E-state index contributed by atoms with van der Waals surface area (Å²) in [7, 11) is 0. The topological polar surface area (TPSA) is 58.6 Å². The van der Waals surface area contributed by atoms with E-state index in [1.165, 1.54) is 0 Å². The number of hydrogen-bond acceptors (Lipinski definition) is 3. The maximum absolute atomic E-state index is 12.0. The van der Waals surface area contributed by atoms with Gasteiger partial charge in [-0.15, -0.1) is 0 Å². The Bertz CT molecular complexity index is 443. The summed E-state index contributed by atoms with van der Waals surface area (Å²) in [5, 5.41) is 13.1. The molecule has 1 heterocycles. The maximum Gasteiger partial charge on any atom is 0.225 e. The number of carbonyl (C=O) groups excluding carboxylic acids is 1. The molecular formula is C16H22ClNO3. The summed E-state index contributed by atoms with van der Waals surface area (Å²) in [5.41, 5.74) is 1.11. The molecule has 0 spiro atoms. The molecule has 0 bridgehead atoms. The second kappa shape index (κ2) is 8.37. The van der Waals surface area contributed by atoms with Crippen molar-refractivity contribution in [2.24, 2.45) is 11.8 Å². The smallest absolute Gasteiger partial charge is 0.225 e. The average molecular weight is 312 g/mol. The molecule has 0 unspecified atom stereocenters. The van der Waals surface area contributed by atoms with Crippen LogP contribution in [0.2, 0.25) is 5.02 Å². The van der Waals surface area contributed by atoms with Crippen LogP contribution >= 0.6 is 11.6 Å². The predicted octanol–water partition coefficient (Wildman–Crippen LogP) is 2.03. The Hall–Kier alpha value is -1.10. The molecule has 1 aromatic carbocycles. The monoisotopic (exact) mass is 311 g/mol. The third-order valence-corrected chi connectivity index (χ3v) is 4.04. The molecule has 1 aromatic rings. The molecule has 4 nitrogen and oxygen atoms in total. The highest BCUT2D eigenvalue weighted by atomic mass is 35.5. The summed E-state index contributed by atoms with van der Waals surface area (Å²) in [6, 6.07) is 7.57. The molecule has 2 N–H and O–H groups in total. The molecule has 0 saturated carbocycles. The van der Waals surface area contributed by atoms with E-state index >= 15 is 0 Å². The maximum atomic E-state index is 12.0. The summed E-state index contributed by atoms with van der Waals surface area (Å²) >= 11 is 5.85. The minimum atomic E-state index is -0.0476. The van der Waals surface area contributed by atoms with Crippen molar-refractivity contribution in [3.05, 3.63) is 34.9 Å². The average Bonchev–Trinajstić information content (AvgIpc) is 2.53. The Labute approximate surface area is 130 Å². The molecular weight excluding hydrogens is 290 g/mol. The van der Waals surface area contributed by atoms with Crippen molar-refractivity contribution < 1.29 is 14.6 Å². The largest absolute Gasteiger partial charge is 0.396 e. The first-order valence-corrected chi connectivity index (χ1v) is 7.77.